The van der Waals surface area contributed by atoms with Crippen molar-refractivity contribution in [3.8, 4) is 0 Å². The zero-order valence-electron chi connectivity index (χ0n) is 69.3. The number of nitrogen functional groups attached to an aromatic ring is 1. The normalized spacial score (nSPS) is 22.3. The molecule has 3 saturated heterocycles. The molecule has 4 aromatic rings. The number of epoxide rings is 2. The molecular formula is C82H105N13O27S2. The van der Waals surface area contributed by atoms with Crippen molar-refractivity contribution in [2.45, 2.75) is 204 Å². The van der Waals surface area contributed by atoms with E-state index in [-0.39, 0.29) is 91.1 Å². The standard InChI is InChI=1S/C82H105N13O27S2/c1-40(25-52-38-117-45(6)89-52)11-9-12-42(3)69(115-8)44(5)61-35-64(82(7)63(122-82)21-14-41(2)60-27-46(26-43(4)118-60)28-62-70(119-62)78(113)120-61)121-81(114)116-23-24-123-124-39-50(76(109)110)31-59(98)57(34-67(103)104)93-74(107)49(33-66(101)102)30-58(97)55(13-10-22-86-79(83)84)91-73(106)48(32-65(99)100)29-54(96)19-20-56(77(111)112)92-72(105)47-15-17-51(18-16-47)87-36-53-37-88-71-68(90-53)75(108)95-80(85)94-71/h9,11-12,14-18,21,25,37-38,41,44,46,48-50,55-57,60-64,69-70,87H,4,10,13,19-20,22-24,26-36,39H2,1-3,5-8H3,(H,91,106)(H,92,105)(H,93,107)(H,99,100)(H,101,102)(H,103,104)(H,109,110)(H,111,112)(H4,83,84,86)(H3,85,88,94,95,108)/b11-9+,21-14+,40-25+,42-12+/t41-,44+,46+,48+,49+,50+,55+,56+,57+,60-,61+,62+,63-,64+,69+,70-,82+/m1/s1. The molecule has 0 unspecified atom stereocenters. The molecule has 0 spiro atoms. The summed E-state index contributed by atoms with van der Waals surface area (Å²) in [5, 5.41) is 70.1. The van der Waals surface area contributed by atoms with E-state index in [2.05, 4.69) is 58.1 Å². The van der Waals surface area contributed by atoms with Gasteiger partial charge in [0.15, 0.2) is 40.7 Å². The summed E-state index contributed by atoms with van der Waals surface area (Å²) in [4.78, 5) is 204. The van der Waals surface area contributed by atoms with E-state index in [0.29, 0.717) is 48.0 Å². The van der Waals surface area contributed by atoms with Crippen LogP contribution in [0.5, 0.6) is 0 Å². The predicted octanol–water partition coefficient (Wildman–Crippen LogP) is 5.93. The summed E-state index contributed by atoms with van der Waals surface area (Å²) in [6.45, 7) is 14.9. The number of Topliss-reactive ketones (excluding diaryl/α,β-unsaturated/α-hetero) is 3. The Bertz CT molecular complexity index is 4780. The number of H-pyrrole nitrogens is 1. The highest BCUT2D eigenvalue weighted by molar-refractivity contribution is 8.76. The third-order valence-electron chi connectivity index (χ3n) is 21.2. The number of aromatic amines is 1. The second-order valence-electron chi connectivity index (χ2n) is 31.0. The second kappa shape index (κ2) is 46.0. The summed E-state index contributed by atoms with van der Waals surface area (Å²) in [7, 11) is 3.49. The number of nitrogens with two attached hydrogens (primary N) is 2. The predicted molar refractivity (Wildman–Crippen MR) is 446 cm³/mol. The number of hydrogen-bond acceptors (Lipinski definition) is 31. The number of nitrogens with one attached hydrogen (secondary N) is 7. The number of nitrogens with zero attached hydrogens (tertiary/aromatic N) is 4. The first kappa shape index (κ1) is 97.6. The van der Waals surface area contributed by atoms with Crippen molar-refractivity contribution in [3.05, 3.63) is 124 Å². The maximum Gasteiger partial charge on any atom is 0.508 e. The summed E-state index contributed by atoms with van der Waals surface area (Å²) in [6.07, 6.45) is 2.29. The fraction of sp³-hybridized carbons (Fsp3) is 0.524. The van der Waals surface area contributed by atoms with Crippen molar-refractivity contribution in [1.29, 1.82) is 5.41 Å². The number of carbonyl (C=O) groups excluding carboxylic acids is 8. The molecule has 8 rings (SSSR count). The molecule has 42 heteroatoms. The zero-order chi connectivity index (χ0) is 90.8. The monoisotopic (exact) mass is 1770 g/mol. The lowest BCUT2D eigenvalue weighted by atomic mass is 9.84. The van der Waals surface area contributed by atoms with Crippen LogP contribution >= 0.6 is 21.6 Å². The molecule has 0 aliphatic carbocycles. The van der Waals surface area contributed by atoms with Crippen molar-refractivity contribution < 1.29 is 125 Å². The molecule has 3 aromatic heterocycles. The zero-order valence-corrected chi connectivity index (χ0v) is 70.9. The van der Waals surface area contributed by atoms with Gasteiger partial charge in [0, 0.05) is 93.7 Å². The van der Waals surface area contributed by atoms with Crippen LogP contribution in [0.2, 0.25) is 0 Å². The van der Waals surface area contributed by atoms with Gasteiger partial charge in [-0.15, -0.1) is 0 Å². The summed E-state index contributed by atoms with van der Waals surface area (Å²) in [5.41, 5.74) is 12.3. The van der Waals surface area contributed by atoms with Crippen LogP contribution in [0, 0.1) is 47.8 Å². The SMILES string of the molecule is C=C1C[C@@H]2C[C@@H]3O[C@H]3C(=O)O[C@H]([C@H](C)[C@@H](OC)/C(C)=C/C=C/C(C)=C/c3coc(C)n3)C[C@H](OC(=O)OCCSSC[C@H](CC(=O)[C@H](CC(=O)O)NC(=O)[C@H](CC(=O)O)CC(=O)[C@H](CCCNC(=N)N)NC(=O)[C@H](CC(=O)O)CC(=O)CC[C@H](NC(=O)c3ccc(NCc4cnc5nc(N)[nH]c(=O)c5n4)cc3)C(=O)O)C(=O)O)[C@@]3(C)O[C@@H]3/C=C/[C@@H](C)[C@@H](C2)O1. The highest BCUT2D eigenvalue weighted by Crippen LogP contribution is 2.46. The van der Waals surface area contributed by atoms with Crippen molar-refractivity contribution in [1.82, 2.24) is 46.2 Å². The van der Waals surface area contributed by atoms with Crippen molar-refractivity contribution in [3.63, 3.8) is 0 Å². The number of carbonyl (C=O) groups is 13. The fourth-order valence-electron chi connectivity index (χ4n) is 14.3. The Hall–Kier alpha value is -11.9. The number of ketones is 3. The molecule has 124 heavy (non-hydrogen) atoms. The van der Waals surface area contributed by atoms with Crippen LogP contribution in [0.4, 0.5) is 16.4 Å². The first-order chi connectivity index (χ1) is 58.7. The average molecular weight is 1770 g/mol. The third-order valence-corrected chi connectivity index (χ3v) is 23.6. The minimum atomic E-state index is -2.01. The Labute approximate surface area is 719 Å². The lowest BCUT2D eigenvalue weighted by Gasteiger charge is -2.34. The smallest absolute Gasteiger partial charge is 0.495 e. The van der Waals surface area contributed by atoms with Gasteiger partial charge < -0.3 is 101 Å². The lowest BCUT2D eigenvalue weighted by Crippen LogP contribution is -2.48. The topological polar surface area (TPSA) is 628 Å². The number of carboxylic acid groups (broad SMARTS) is 5. The number of benzene rings is 1. The summed E-state index contributed by atoms with van der Waals surface area (Å²) in [5.74, 6) is -20.7. The number of rotatable bonds is 46. The number of aliphatic carboxylic acids is 5. The van der Waals surface area contributed by atoms with Crippen LogP contribution < -0.4 is 43.6 Å². The molecule has 3 fully saturated rings. The number of carboxylic acids is 5. The minimum absolute atomic E-state index is 0.00291. The number of guanidine groups is 1. The molecule has 7 heterocycles. The van der Waals surface area contributed by atoms with Gasteiger partial charge in [-0.1, -0.05) is 72.4 Å². The molecule has 4 aliphatic heterocycles. The number of allylic oxidation sites excluding steroid dienone is 5. The molecule has 40 nitrogen and oxygen atoms in total. The summed E-state index contributed by atoms with van der Waals surface area (Å²) in [6, 6.07) is 0.307. The maximum absolute atomic E-state index is 14.3. The van der Waals surface area contributed by atoms with E-state index >= 15 is 0 Å². The van der Waals surface area contributed by atoms with E-state index in [1.54, 1.807) is 20.1 Å². The van der Waals surface area contributed by atoms with E-state index in [9.17, 15) is 92.7 Å². The fourth-order valence-corrected chi connectivity index (χ4v) is 16.5. The summed E-state index contributed by atoms with van der Waals surface area (Å²) < 4.78 is 48.0. The third kappa shape index (κ3) is 30.3. The first-order valence-electron chi connectivity index (χ1n) is 39.9. The number of anilines is 2. The van der Waals surface area contributed by atoms with E-state index in [4.69, 9.17) is 54.5 Å². The summed E-state index contributed by atoms with van der Waals surface area (Å²) >= 11 is 0. The molecule has 3 amide bonds. The Morgan fingerprint density at radius 2 is 1.48 bits per heavy atom. The largest absolute Gasteiger partial charge is 0.508 e. The van der Waals surface area contributed by atoms with Gasteiger partial charge in [-0.25, -0.2) is 29.3 Å². The number of ether oxygens (including phenoxy) is 7. The molecule has 4 aliphatic rings. The quantitative estimate of drug-likeness (QED) is 0.00356. The maximum atomic E-state index is 14.3. The van der Waals surface area contributed by atoms with Gasteiger partial charge >= 0.3 is 42.0 Å². The molecular weight excluding hydrogens is 1660 g/mol. The van der Waals surface area contributed by atoms with Crippen molar-refractivity contribution in [2.24, 2.45) is 41.2 Å². The van der Waals surface area contributed by atoms with E-state index in [1.807, 2.05) is 64.2 Å². The molecule has 1 aromatic carbocycles. The molecule has 0 radical (unpaired) electrons. The van der Waals surface area contributed by atoms with Crippen LogP contribution in [0.3, 0.4) is 0 Å². The average Bonchev–Trinajstić information content (AvgIpc) is 1.59. The van der Waals surface area contributed by atoms with Crippen LogP contribution in [-0.2, 0) is 92.4 Å². The van der Waals surface area contributed by atoms with E-state index < -0.39 is 224 Å². The molecule has 672 valence electrons. The number of aryl methyl sites for hydroxylation is 1. The Balaban J connectivity index is 0.860. The van der Waals surface area contributed by atoms with Gasteiger partial charge in [0.05, 0.1) is 85.5 Å². The van der Waals surface area contributed by atoms with Gasteiger partial charge in [-0.2, -0.15) is 4.98 Å². The van der Waals surface area contributed by atoms with Crippen molar-refractivity contribution in [2.75, 3.05) is 42.8 Å². The number of hydrogen-bond donors (Lipinski definition) is 14. The van der Waals surface area contributed by atoms with Crippen LogP contribution in [0.1, 0.15) is 152 Å². The number of esters is 1. The van der Waals surface area contributed by atoms with E-state index in [1.165, 1.54) is 37.6 Å². The number of oxazole rings is 1. The first-order valence-corrected chi connectivity index (χ1v) is 42.4. The lowest BCUT2D eigenvalue weighted by molar-refractivity contribution is -0.158. The highest BCUT2D eigenvalue weighted by atomic mass is 33.1. The van der Waals surface area contributed by atoms with E-state index in [0.717, 1.165) is 32.7 Å². The Morgan fingerprint density at radius 3 is 2.13 bits per heavy atom. The molecule has 0 saturated carbocycles. The molecule has 2 bridgehead atoms. The number of fused-ring (bicyclic) bond motifs is 5. The van der Waals surface area contributed by atoms with Gasteiger partial charge in [0.1, 0.15) is 60.4 Å². The van der Waals surface area contributed by atoms with Crippen LogP contribution in [0.15, 0.2) is 99.8 Å². The number of aromatic nitrogens is 5. The number of cyclic esters (lactones) is 1. The number of amides is 3. The van der Waals surface area contributed by atoms with Crippen molar-refractivity contribution >= 4 is 133 Å². The van der Waals surface area contributed by atoms with Crippen LogP contribution in [-0.4, -0.2) is 232 Å². The Morgan fingerprint density at radius 1 is 0.806 bits per heavy atom. The van der Waals surface area contributed by atoms with Gasteiger partial charge in [0.25, 0.3) is 11.5 Å². The van der Waals surface area contributed by atoms with Gasteiger partial charge in [-0.3, -0.25) is 63.1 Å². The highest BCUT2D eigenvalue weighted by Gasteiger charge is 2.60. The van der Waals surface area contributed by atoms with Gasteiger partial charge in [0.2, 0.25) is 17.8 Å². The van der Waals surface area contributed by atoms with Crippen LogP contribution in [0.25, 0.3) is 17.2 Å². The Kier molecular flexibility index (Phi) is 36.2. The number of methoxy groups -OCH3 is 1. The molecule has 17 atom stereocenters. The molecule has 16 N–H and O–H groups in total. The second-order valence-corrected chi connectivity index (χ2v) is 33.6. The minimum Gasteiger partial charge on any atom is -0.495 e. The van der Waals surface area contributed by atoms with Gasteiger partial charge in [-0.05, 0) is 100 Å².